The lowest BCUT2D eigenvalue weighted by atomic mass is 10.0. The minimum Gasteiger partial charge on any atom is -0.480 e. The molecule has 41 heavy (non-hydrogen) atoms. The Morgan fingerprint density at radius 1 is 1.05 bits per heavy atom. The third-order valence-electron chi connectivity index (χ3n) is 6.90. The second-order valence-electron chi connectivity index (χ2n) is 9.87. The highest BCUT2D eigenvalue weighted by Crippen LogP contribution is 2.38. The predicted octanol–water partition coefficient (Wildman–Crippen LogP) is 6.44. The van der Waals surface area contributed by atoms with Crippen LogP contribution in [0.1, 0.15) is 63.3 Å². The first-order valence-corrected chi connectivity index (χ1v) is 14.6. The normalized spacial score (nSPS) is 15.3. The number of benzene rings is 3. The van der Waals surface area contributed by atoms with Gasteiger partial charge in [-0.25, -0.2) is 0 Å². The molecule has 10 heteroatoms. The van der Waals surface area contributed by atoms with E-state index in [1.165, 1.54) is 6.92 Å². The molecule has 214 valence electrons. The number of amides is 2. The second-order valence-corrected chi connectivity index (χ2v) is 11.6. The zero-order valence-corrected chi connectivity index (χ0v) is 24.6. The molecule has 0 aliphatic carbocycles. The van der Waals surface area contributed by atoms with E-state index in [4.69, 9.17) is 21.4 Å². The predicted molar refractivity (Wildman–Crippen MR) is 161 cm³/mol. The van der Waals surface area contributed by atoms with Crippen LogP contribution < -0.4 is 10.2 Å². The summed E-state index contributed by atoms with van der Waals surface area (Å²) < 4.78 is 5.75. The number of carboxylic acid groups (broad SMARTS) is 1. The Morgan fingerprint density at radius 2 is 1.80 bits per heavy atom. The first-order chi connectivity index (χ1) is 19.5. The van der Waals surface area contributed by atoms with Gasteiger partial charge in [0.15, 0.2) is 0 Å². The van der Waals surface area contributed by atoms with Gasteiger partial charge >= 0.3 is 11.9 Å². The number of carbonyl (C=O) groups is 4. The van der Waals surface area contributed by atoms with E-state index in [-0.39, 0.29) is 17.6 Å². The molecule has 0 radical (unpaired) electrons. The van der Waals surface area contributed by atoms with E-state index in [1.807, 2.05) is 32.0 Å². The number of aryl methyl sites for hydroxylation is 2. The number of anilines is 2. The number of carboxylic acids is 1. The summed E-state index contributed by atoms with van der Waals surface area (Å²) >= 11 is 7.29. The zero-order chi connectivity index (χ0) is 29.7. The molecular weight excluding hydrogens is 564 g/mol. The molecule has 2 unspecified atom stereocenters. The van der Waals surface area contributed by atoms with E-state index in [9.17, 15) is 19.2 Å². The number of hydrogen-bond acceptors (Lipinski definition) is 6. The number of nitrogens with one attached hydrogen (secondary N) is 1. The summed E-state index contributed by atoms with van der Waals surface area (Å²) in [6.07, 6.45) is 0.415. The van der Waals surface area contributed by atoms with Crippen molar-refractivity contribution in [3.8, 4) is 0 Å². The molecule has 8 nitrogen and oxygen atoms in total. The van der Waals surface area contributed by atoms with Gasteiger partial charge in [-0.3, -0.25) is 19.2 Å². The van der Waals surface area contributed by atoms with Crippen molar-refractivity contribution >= 4 is 58.5 Å². The SMILES string of the molecule is Cc1ccccc1C(=O)Nc1ccc(C(=O)N2CCCC(OC(=O)CSC(C)C(=O)O)c3cc(Cl)ccc32)c(C)c1. The molecule has 3 aromatic carbocycles. The summed E-state index contributed by atoms with van der Waals surface area (Å²) in [6, 6.07) is 17.6. The van der Waals surface area contributed by atoms with Crippen LogP contribution in [-0.4, -0.2) is 46.4 Å². The van der Waals surface area contributed by atoms with E-state index in [1.54, 1.807) is 47.4 Å². The Labute approximate surface area is 248 Å². The molecule has 2 amide bonds. The lowest BCUT2D eigenvalue weighted by Crippen LogP contribution is -2.32. The van der Waals surface area contributed by atoms with Gasteiger partial charge in [-0.05, 0) is 87.2 Å². The van der Waals surface area contributed by atoms with Crippen LogP contribution in [0.5, 0.6) is 0 Å². The van der Waals surface area contributed by atoms with Crippen molar-refractivity contribution in [2.24, 2.45) is 0 Å². The van der Waals surface area contributed by atoms with Crippen molar-refractivity contribution in [3.05, 3.63) is 93.5 Å². The van der Waals surface area contributed by atoms with Gasteiger partial charge in [0.1, 0.15) is 6.10 Å². The van der Waals surface area contributed by atoms with Gasteiger partial charge in [-0.15, -0.1) is 11.8 Å². The smallest absolute Gasteiger partial charge is 0.316 e. The number of halogens is 1. The molecule has 2 N–H and O–H groups in total. The van der Waals surface area contributed by atoms with Crippen LogP contribution in [0.3, 0.4) is 0 Å². The molecule has 0 saturated heterocycles. The van der Waals surface area contributed by atoms with E-state index in [0.29, 0.717) is 58.0 Å². The third-order valence-corrected chi connectivity index (χ3v) is 8.24. The van der Waals surface area contributed by atoms with E-state index in [0.717, 1.165) is 17.3 Å². The Morgan fingerprint density at radius 3 is 2.51 bits per heavy atom. The van der Waals surface area contributed by atoms with Crippen molar-refractivity contribution in [1.82, 2.24) is 0 Å². The van der Waals surface area contributed by atoms with Gasteiger partial charge < -0.3 is 20.1 Å². The molecule has 0 fully saturated rings. The van der Waals surface area contributed by atoms with Gasteiger partial charge in [0, 0.05) is 33.9 Å². The minimum atomic E-state index is -0.999. The maximum Gasteiger partial charge on any atom is 0.316 e. The molecule has 0 saturated carbocycles. The van der Waals surface area contributed by atoms with Gasteiger partial charge in [-0.2, -0.15) is 0 Å². The summed E-state index contributed by atoms with van der Waals surface area (Å²) in [7, 11) is 0. The van der Waals surface area contributed by atoms with E-state index < -0.39 is 23.3 Å². The molecule has 0 spiro atoms. The maximum atomic E-state index is 13.8. The number of ether oxygens (including phenoxy) is 1. The van der Waals surface area contributed by atoms with Crippen LogP contribution in [-0.2, 0) is 14.3 Å². The lowest BCUT2D eigenvalue weighted by molar-refractivity contribution is -0.146. The quantitative estimate of drug-likeness (QED) is 0.289. The Balaban J connectivity index is 1.54. The average Bonchev–Trinajstić information content (AvgIpc) is 3.10. The first kappa shape index (κ1) is 30.1. The third kappa shape index (κ3) is 7.28. The van der Waals surface area contributed by atoms with Crippen molar-refractivity contribution in [3.63, 3.8) is 0 Å². The van der Waals surface area contributed by atoms with Crippen molar-refractivity contribution in [2.75, 3.05) is 22.5 Å². The van der Waals surface area contributed by atoms with Crippen LogP contribution in [0.15, 0.2) is 60.7 Å². The standard InChI is InChI=1S/C31H31ClN2O6S/c1-18-7-4-5-8-23(18)29(36)33-22-11-12-24(19(2)15-22)30(37)34-14-6-9-27(25-16-21(32)10-13-26(25)34)40-28(35)17-41-20(3)31(38)39/h4-5,7-8,10-13,15-16,20,27H,6,9,14,17H2,1-3H3,(H,33,36)(H,38,39). The largest absolute Gasteiger partial charge is 0.480 e. The molecule has 4 rings (SSSR count). The minimum absolute atomic E-state index is 0.103. The Kier molecular flexibility index (Phi) is 9.73. The van der Waals surface area contributed by atoms with Gasteiger partial charge in [0.05, 0.1) is 16.7 Å². The molecule has 1 heterocycles. The van der Waals surface area contributed by atoms with E-state index in [2.05, 4.69) is 5.32 Å². The number of aliphatic carboxylic acids is 1. The first-order valence-electron chi connectivity index (χ1n) is 13.2. The number of esters is 1. The number of carbonyl (C=O) groups excluding carboxylic acids is 3. The number of thioether (sulfide) groups is 1. The van der Waals surface area contributed by atoms with Crippen molar-refractivity contribution < 1.29 is 29.0 Å². The highest BCUT2D eigenvalue weighted by Gasteiger charge is 2.30. The van der Waals surface area contributed by atoms with Crippen LogP contribution in [0, 0.1) is 13.8 Å². The fourth-order valence-corrected chi connectivity index (χ4v) is 5.46. The summed E-state index contributed by atoms with van der Waals surface area (Å²) in [5.74, 6) is -2.08. The van der Waals surface area contributed by atoms with Crippen LogP contribution in [0.2, 0.25) is 5.02 Å². The molecule has 1 aliphatic rings. The molecular formula is C31H31ClN2O6S. The summed E-state index contributed by atoms with van der Waals surface area (Å²) in [6.45, 7) is 5.60. The van der Waals surface area contributed by atoms with Crippen molar-refractivity contribution in [1.29, 1.82) is 0 Å². The summed E-state index contributed by atoms with van der Waals surface area (Å²) in [4.78, 5) is 51.9. The maximum absolute atomic E-state index is 13.8. The average molecular weight is 595 g/mol. The van der Waals surface area contributed by atoms with Gasteiger partial charge in [-0.1, -0.05) is 29.8 Å². The number of fused-ring (bicyclic) bond motifs is 1. The highest BCUT2D eigenvalue weighted by molar-refractivity contribution is 8.01. The zero-order valence-electron chi connectivity index (χ0n) is 23.0. The van der Waals surface area contributed by atoms with Crippen molar-refractivity contribution in [2.45, 2.75) is 45.0 Å². The lowest BCUT2D eigenvalue weighted by Gasteiger charge is -2.25. The van der Waals surface area contributed by atoms with Gasteiger partial charge in [0.25, 0.3) is 11.8 Å². The molecule has 2 atom stereocenters. The fraction of sp³-hybridized carbons (Fsp3) is 0.290. The summed E-state index contributed by atoms with van der Waals surface area (Å²) in [5, 5.41) is 11.7. The topological polar surface area (TPSA) is 113 Å². The molecule has 0 bridgehead atoms. The van der Waals surface area contributed by atoms with Crippen LogP contribution >= 0.6 is 23.4 Å². The monoisotopic (exact) mass is 594 g/mol. The van der Waals surface area contributed by atoms with Crippen LogP contribution in [0.4, 0.5) is 11.4 Å². The summed E-state index contributed by atoms with van der Waals surface area (Å²) in [5.41, 5.74) is 4.42. The number of rotatable bonds is 8. The fourth-order valence-electron chi connectivity index (χ4n) is 4.68. The Hall–Kier alpha value is -3.82. The second kappa shape index (κ2) is 13.2. The van der Waals surface area contributed by atoms with Crippen LogP contribution in [0.25, 0.3) is 0 Å². The number of hydrogen-bond donors (Lipinski definition) is 2. The number of nitrogens with zero attached hydrogens (tertiary/aromatic N) is 1. The van der Waals surface area contributed by atoms with E-state index >= 15 is 0 Å². The Bertz CT molecular complexity index is 1490. The molecule has 1 aliphatic heterocycles. The molecule has 0 aromatic heterocycles. The van der Waals surface area contributed by atoms with Gasteiger partial charge in [0.2, 0.25) is 0 Å². The molecule has 3 aromatic rings. The highest BCUT2D eigenvalue weighted by atomic mass is 35.5.